The monoisotopic (exact) mass is 505 g/mol. The normalized spacial score (nSPS) is 25.7. The molecule has 0 aromatic heterocycles. The molecule has 0 N–H and O–H groups in total. The van der Waals surface area contributed by atoms with Crippen molar-refractivity contribution in [3.05, 3.63) is 65.2 Å². The highest BCUT2D eigenvalue weighted by Crippen LogP contribution is 2.30. The van der Waals surface area contributed by atoms with E-state index in [9.17, 15) is 14.9 Å². The van der Waals surface area contributed by atoms with Gasteiger partial charge in [0.05, 0.1) is 29.9 Å². The third kappa shape index (κ3) is 6.30. The molecule has 2 aromatic rings. The Morgan fingerprint density at radius 3 is 2.49 bits per heavy atom. The van der Waals surface area contributed by atoms with Gasteiger partial charge in [-0.25, -0.2) is 0 Å². The molecular weight excluding hydrogens is 470 g/mol. The van der Waals surface area contributed by atoms with E-state index < -0.39 is 0 Å². The molecule has 1 saturated heterocycles. The van der Waals surface area contributed by atoms with Crippen LogP contribution in [0.3, 0.4) is 0 Å². The molecule has 8 heteroatoms. The lowest BCUT2D eigenvalue weighted by Gasteiger charge is -2.38. The average molecular weight is 506 g/mol. The van der Waals surface area contributed by atoms with Gasteiger partial charge < -0.3 is 24.0 Å². The summed E-state index contributed by atoms with van der Waals surface area (Å²) < 4.78 is 18.1. The quantitative estimate of drug-likeness (QED) is 0.619. The molecule has 2 aliphatic rings. The SMILES string of the molecule is CO[C@@H]1CC[C@@H]2CCOc3c(C#N)cccc3C(=O)N(C)C[C@@H](c3ccccc3)CC(=O)N(C)C[C@@H]1O2. The van der Waals surface area contributed by atoms with Crippen molar-refractivity contribution in [1.29, 1.82) is 5.26 Å². The number of rotatable bonds is 2. The van der Waals surface area contributed by atoms with Crippen molar-refractivity contribution < 1.29 is 23.8 Å². The third-order valence-corrected chi connectivity index (χ3v) is 7.32. The molecule has 0 spiro atoms. The largest absolute Gasteiger partial charge is 0.491 e. The molecule has 0 saturated carbocycles. The Hall–Kier alpha value is -3.41. The van der Waals surface area contributed by atoms with Crippen LogP contribution in [0.4, 0.5) is 0 Å². The molecule has 196 valence electrons. The summed E-state index contributed by atoms with van der Waals surface area (Å²) in [4.78, 5) is 30.3. The number of ether oxygens (including phenoxy) is 3. The summed E-state index contributed by atoms with van der Waals surface area (Å²) in [6.45, 7) is 1.06. The minimum absolute atomic E-state index is 0.0159. The molecule has 2 aromatic carbocycles. The highest BCUT2D eigenvalue weighted by molar-refractivity contribution is 5.97. The van der Waals surface area contributed by atoms with E-state index in [2.05, 4.69) is 6.07 Å². The number of carbonyl (C=O) groups is 2. The fourth-order valence-electron chi connectivity index (χ4n) is 5.19. The maximum Gasteiger partial charge on any atom is 0.257 e. The first-order valence-electron chi connectivity index (χ1n) is 12.8. The maximum atomic E-state index is 13.6. The topological polar surface area (TPSA) is 92.1 Å². The molecule has 8 nitrogen and oxygen atoms in total. The minimum Gasteiger partial charge on any atom is -0.491 e. The van der Waals surface area contributed by atoms with Crippen LogP contribution in [0.2, 0.25) is 0 Å². The number of methoxy groups -OCH3 is 1. The molecule has 2 amide bonds. The first kappa shape index (κ1) is 26.6. The molecule has 37 heavy (non-hydrogen) atoms. The number of nitrogens with zero attached hydrogens (tertiary/aromatic N) is 3. The standard InChI is InChI=1S/C29H35N3O5/c1-31-19-26-25(35-3)13-12-23(37-26)14-15-36-28-21(17-30)10-7-11-24(28)29(34)32(2)18-22(16-27(31)33)20-8-5-4-6-9-20/h4-11,22-23,25-26H,12-16,18-19H2,1-3H3/t22-,23+,25+,26-/m0/s1. The van der Waals surface area contributed by atoms with Crippen molar-refractivity contribution >= 4 is 11.8 Å². The fourth-order valence-corrected chi connectivity index (χ4v) is 5.19. The smallest absolute Gasteiger partial charge is 0.257 e. The molecule has 4 rings (SSSR count). The van der Waals surface area contributed by atoms with Crippen LogP contribution >= 0.6 is 0 Å². The molecular formula is C29H35N3O5. The van der Waals surface area contributed by atoms with Gasteiger partial charge in [-0.15, -0.1) is 0 Å². The Morgan fingerprint density at radius 2 is 1.76 bits per heavy atom. The van der Waals surface area contributed by atoms with Crippen molar-refractivity contribution in [2.24, 2.45) is 0 Å². The van der Waals surface area contributed by atoms with E-state index >= 15 is 0 Å². The molecule has 2 bridgehead atoms. The first-order chi connectivity index (χ1) is 17.9. The van der Waals surface area contributed by atoms with Crippen LogP contribution in [0, 0.1) is 11.3 Å². The summed E-state index contributed by atoms with van der Waals surface area (Å²) in [5.74, 6) is -0.182. The summed E-state index contributed by atoms with van der Waals surface area (Å²) in [6, 6.07) is 17.0. The van der Waals surface area contributed by atoms with Gasteiger partial charge in [0.2, 0.25) is 5.91 Å². The van der Waals surface area contributed by atoms with Crippen molar-refractivity contribution in [2.45, 2.75) is 49.9 Å². The summed E-state index contributed by atoms with van der Waals surface area (Å²) in [6.07, 6.45) is 2.07. The zero-order valence-electron chi connectivity index (χ0n) is 21.8. The van der Waals surface area contributed by atoms with Gasteiger partial charge in [0.1, 0.15) is 17.9 Å². The molecule has 2 aliphatic heterocycles. The first-order valence-corrected chi connectivity index (χ1v) is 12.8. The van der Waals surface area contributed by atoms with E-state index in [1.807, 2.05) is 30.3 Å². The van der Waals surface area contributed by atoms with Crippen LogP contribution in [-0.2, 0) is 14.3 Å². The summed E-state index contributed by atoms with van der Waals surface area (Å²) >= 11 is 0. The lowest BCUT2D eigenvalue weighted by atomic mass is 9.93. The molecule has 2 heterocycles. The number of benzene rings is 2. The lowest BCUT2D eigenvalue weighted by molar-refractivity contribution is -0.150. The predicted molar refractivity (Wildman–Crippen MR) is 138 cm³/mol. The number of amides is 2. The number of hydrogen-bond donors (Lipinski definition) is 0. The lowest BCUT2D eigenvalue weighted by Crippen LogP contribution is -2.48. The van der Waals surface area contributed by atoms with Crippen LogP contribution in [0.25, 0.3) is 0 Å². The number of carbonyl (C=O) groups excluding carboxylic acids is 2. The highest BCUT2D eigenvalue weighted by Gasteiger charge is 2.34. The van der Waals surface area contributed by atoms with E-state index in [0.29, 0.717) is 43.0 Å². The Kier molecular flexibility index (Phi) is 8.80. The minimum atomic E-state index is -0.252. The zero-order chi connectivity index (χ0) is 26.4. The van der Waals surface area contributed by atoms with Gasteiger partial charge in [-0.2, -0.15) is 5.26 Å². The van der Waals surface area contributed by atoms with Crippen molar-refractivity contribution in [2.75, 3.05) is 40.9 Å². The molecule has 4 atom stereocenters. The number of nitriles is 1. The number of fused-ring (bicyclic) bond motifs is 3. The van der Waals surface area contributed by atoms with Gasteiger partial charge in [0.25, 0.3) is 5.91 Å². The average Bonchev–Trinajstić information content (AvgIpc) is 2.92. The number of para-hydroxylation sites is 1. The van der Waals surface area contributed by atoms with Crippen LogP contribution in [-0.4, -0.2) is 80.8 Å². The van der Waals surface area contributed by atoms with Gasteiger partial charge in [0.15, 0.2) is 0 Å². The second-order valence-electron chi connectivity index (χ2n) is 9.85. The summed E-state index contributed by atoms with van der Waals surface area (Å²) in [5.41, 5.74) is 1.64. The van der Waals surface area contributed by atoms with E-state index in [4.69, 9.17) is 14.2 Å². The van der Waals surface area contributed by atoms with E-state index in [0.717, 1.165) is 18.4 Å². The molecule has 0 unspecified atom stereocenters. The van der Waals surface area contributed by atoms with Crippen LogP contribution in [0.5, 0.6) is 5.75 Å². The molecule has 0 radical (unpaired) electrons. The van der Waals surface area contributed by atoms with Gasteiger partial charge in [-0.3, -0.25) is 9.59 Å². The Bertz CT molecular complexity index is 1130. The van der Waals surface area contributed by atoms with Crippen LogP contribution in [0.15, 0.2) is 48.5 Å². The van der Waals surface area contributed by atoms with Gasteiger partial charge >= 0.3 is 0 Å². The second kappa shape index (κ2) is 12.2. The number of hydrogen-bond acceptors (Lipinski definition) is 6. The fraction of sp³-hybridized carbons (Fsp3) is 0.483. The summed E-state index contributed by atoms with van der Waals surface area (Å²) in [7, 11) is 5.20. The van der Waals surface area contributed by atoms with Crippen molar-refractivity contribution in [1.82, 2.24) is 9.80 Å². The third-order valence-electron chi connectivity index (χ3n) is 7.32. The maximum absolute atomic E-state index is 13.6. The van der Waals surface area contributed by atoms with Crippen molar-refractivity contribution in [3.8, 4) is 11.8 Å². The van der Waals surface area contributed by atoms with Gasteiger partial charge in [0, 0.05) is 53.1 Å². The van der Waals surface area contributed by atoms with Crippen molar-refractivity contribution in [3.63, 3.8) is 0 Å². The predicted octanol–water partition coefficient (Wildman–Crippen LogP) is 3.61. The van der Waals surface area contributed by atoms with Gasteiger partial charge in [-0.05, 0) is 30.5 Å². The summed E-state index contributed by atoms with van der Waals surface area (Å²) in [5, 5.41) is 9.69. The molecule has 0 aliphatic carbocycles. The van der Waals surface area contributed by atoms with Crippen LogP contribution in [0.1, 0.15) is 53.1 Å². The van der Waals surface area contributed by atoms with E-state index in [1.165, 1.54) is 0 Å². The van der Waals surface area contributed by atoms with Crippen LogP contribution < -0.4 is 4.74 Å². The Morgan fingerprint density at radius 1 is 0.973 bits per heavy atom. The second-order valence-corrected chi connectivity index (χ2v) is 9.85. The van der Waals surface area contributed by atoms with E-state index in [-0.39, 0.29) is 42.5 Å². The van der Waals surface area contributed by atoms with E-state index in [1.54, 1.807) is 49.2 Å². The van der Waals surface area contributed by atoms with Gasteiger partial charge in [-0.1, -0.05) is 36.4 Å². The Balaban J connectivity index is 1.69. The Labute approximate surface area is 218 Å². The highest BCUT2D eigenvalue weighted by atomic mass is 16.5. The zero-order valence-corrected chi connectivity index (χ0v) is 21.8. The number of likely N-dealkylation sites (N-methyl/N-ethyl adjacent to an activating group) is 2. The molecule has 1 fully saturated rings.